The SMILES string of the molecule is [CH]1CCC=CC=CCCCC1. The minimum absolute atomic E-state index is 1.21. The first-order valence-electron chi connectivity index (χ1n) is 4.63. The lowest BCUT2D eigenvalue weighted by atomic mass is 10.1. The first kappa shape index (κ1) is 8.58. The molecule has 0 aliphatic heterocycles. The molecule has 1 rings (SSSR count). The Kier molecular flexibility index (Phi) is 4.84. The number of hydrogen-bond donors (Lipinski definition) is 0. The monoisotopic (exact) mass is 149 g/mol. The molecule has 0 fully saturated rings. The number of allylic oxidation sites excluding steroid dienone is 4. The average Bonchev–Trinajstić information content (AvgIpc) is 2.08. The normalized spacial score (nSPS) is 21.1. The summed E-state index contributed by atoms with van der Waals surface area (Å²) >= 11 is 0. The van der Waals surface area contributed by atoms with Crippen LogP contribution in [0.1, 0.15) is 38.5 Å². The highest BCUT2D eigenvalue weighted by atomic mass is 14.0. The van der Waals surface area contributed by atoms with Crippen LogP contribution in [0.2, 0.25) is 0 Å². The summed E-state index contributed by atoms with van der Waals surface area (Å²) in [5, 5.41) is 0. The molecule has 0 N–H and O–H groups in total. The average molecular weight is 149 g/mol. The molecule has 1 aliphatic carbocycles. The van der Waals surface area contributed by atoms with Crippen molar-refractivity contribution < 1.29 is 0 Å². The summed E-state index contributed by atoms with van der Waals surface area (Å²) in [7, 11) is 0. The molecule has 61 valence electrons. The zero-order valence-electron chi connectivity index (χ0n) is 7.13. The predicted molar refractivity (Wildman–Crippen MR) is 50.3 cm³/mol. The highest BCUT2D eigenvalue weighted by Gasteiger charge is 1.89. The van der Waals surface area contributed by atoms with Gasteiger partial charge in [0.1, 0.15) is 0 Å². The smallest absolute Gasteiger partial charge is 0.0345 e. The van der Waals surface area contributed by atoms with Crippen LogP contribution in [-0.4, -0.2) is 0 Å². The molecule has 0 heteroatoms. The first-order chi connectivity index (χ1) is 5.50. The van der Waals surface area contributed by atoms with E-state index in [1.165, 1.54) is 38.5 Å². The minimum Gasteiger partial charge on any atom is -0.0845 e. The van der Waals surface area contributed by atoms with Crippen molar-refractivity contribution in [3.63, 3.8) is 0 Å². The molecule has 0 spiro atoms. The van der Waals surface area contributed by atoms with Crippen molar-refractivity contribution in [1.29, 1.82) is 0 Å². The Morgan fingerprint density at radius 1 is 0.636 bits per heavy atom. The van der Waals surface area contributed by atoms with Crippen LogP contribution in [0.15, 0.2) is 24.3 Å². The van der Waals surface area contributed by atoms with Crippen LogP contribution in [-0.2, 0) is 0 Å². The highest BCUT2D eigenvalue weighted by molar-refractivity contribution is 5.02. The summed E-state index contributed by atoms with van der Waals surface area (Å²) in [6, 6.07) is 0. The molecule has 0 unspecified atom stereocenters. The van der Waals surface area contributed by atoms with Crippen molar-refractivity contribution in [2.45, 2.75) is 38.5 Å². The van der Waals surface area contributed by atoms with Crippen LogP contribution in [0.3, 0.4) is 0 Å². The Hall–Kier alpha value is -0.520. The molecular weight excluding hydrogens is 132 g/mol. The molecule has 0 bridgehead atoms. The van der Waals surface area contributed by atoms with E-state index in [9.17, 15) is 0 Å². The van der Waals surface area contributed by atoms with Crippen molar-refractivity contribution in [2.24, 2.45) is 0 Å². The summed E-state index contributed by atoms with van der Waals surface area (Å²) in [6.45, 7) is 0. The number of hydrogen-bond acceptors (Lipinski definition) is 0. The van der Waals surface area contributed by atoms with Gasteiger partial charge in [-0.15, -0.1) is 0 Å². The molecule has 0 nitrogen and oxygen atoms in total. The zero-order chi connectivity index (χ0) is 7.78. The van der Waals surface area contributed by atoms with Crippen LogP contribution in [0, 0.1) is 6.42 Å². The van der Waals surface area contributed by atoms with Gasteiger partial charge in [0.15, 0.2) is 0 Å². The van der Waals surface area contributed by atoms with Crippen LogP contribution >= 0.6 is 0 Å². The van der Waals surface area contributed by atoms with Crippen molar-refractivity contribution in [3.8, 4) is 0 Å². The van der Waals surface area contributed by atoms with Gasteiger partial charge in [0, 0.05) is 0 Å². The highest BCUT2D eigenvalue weighted by Crippen LogP contribution is 2.08. The standard InChI is InChI=1S/C11H17/c1-2-4-6-8-10-11-9-7-5-3-1/h1-4,9H,5-8,10-11H2. The molecule has 0 aromatic heterocycles. The first-order valence-corrected chi connectivity index (χ1v) is 4.63. The zero-order valence-corrected chi connectivity index (χ0v) is 7.13. The van der Waals surface area contributed by atoms with Crippen LogP contribution in [0.5, 0.6) is 0 Å². The maximum absolute atomic E-state index is 2.41. The lowest BCUT2D eigenvalue weighted by molar-refractivity contribution is 0.716. The van der Waals surface area contributed by atoms with E-state index < -0.39 is 0 Å². The van der Waals surface area contributed by atoms with E-state index in [1.54, 1.807) is 0 Å². The van der Waals surface area contributed by atoms with Crippen molar-refractivity contribution in [2.75, 3.05) is 0 Å². The molecule has 0 aromatic rings. The van der Waals surface area contributed by atoms with Gasteiger partial charge in [0.2, 0.25) is 0 Å². The quantitative estimate of drug-likeness (QED) is 0.493. The lowest BCUT2D eigenvalue weighted by Crippen LogP contribution is -1.78. The van der Waals surface area contributed by atoms with Gasteiger partial charge in [-0.1, -0.05) is 37.1 Å². The van der Waals surface area contributed by atoms with Gasteiger partial charge in [-0.25, -0.2) is 0 Å². The second kappa shape index (κ2) is 6.21. The second-order valence-corrected chi connectivity index (χ2v) is 3.01. The molecule has 0 atom stereocenters. The van der Waals surface area contributed by atoms with Crippen molar-refractivity contribution in [3.05, 3.63) is 30.7 Å². The molecular formula is C11H17. The lowest BCUT2D eigenvalue weighted by Gasteiger charge is -1.96. The summed E-state index contributed by atoms with van der Waals surface area (Å²) in [6.07, 6.45) is 19.0. The molecule has 0 saturated heterocycles. The van der Waals surface area contributed by atoms with E-state index >= 15 is 0 Å². The van der Waals surface area contributed by atoms with E-state index in [4.69, 9.17) is 0 Å². The van der Waals surface area contributed by atoms with Crippen molar-refractivity contribution in [1.82, 2.24) is 0 Å². The Labute approximate surface area is 70.0 Å². The largest absolute Gasteiger partial charge is 0.0845 e. The van der Waals surface area contributed by atoms with Crippen LogP contribution < -0.4 is 0 Å². The molecule has 0 aromatic carbocycles. The fourth-order valence-corrected chi connectivity index (χ4v) is 1.26. The second-order valence-electron chi connectivity index (χ2n) is 3.01. The van der Waals surface area contributed by atoms with Crippen LogP contribution in [0.25, 0.3) is 0 Å². The fraction of sp³-hybridized carbons (Fsp3) is 0.545. The van der Waals surface area contributed by atoms with Gasteiger partial charge in [-0.3, -0.25) is 0 Å². The molecule has 1 aliphatic rings. The molecule has 0 saturated carbocycles. The molecule has 0 amide bonds. The van der Waals surface area contributed by atoms with Gasteiger partial charge >= 0.3 is 0 Å². The Bertz CT molecular complexity index is 115. The van der Waals surface area contributed by atoms with E-state index in [1.807, 2.05) is 0 Å². The van der Waals surface area contributed by atoms with E-state index in [-0.39, 0.29) is 0 Å². The van der Waals surface area contributed by atoms with Crippen LogP contribution in [0.4, 0.5) is 0 Å². The molecule has 11 heavy (non-hydrogen) atoms. The predicted octanol–water partition coefficient (Wildman–Crippen LogP) is 3.66. The minimum atomic E-state index is 1.21. The molecule has 0 heterocycles. The van der Waals surface area contributed by atoms with E-state index in [0.717, 1.165) is 0 Å². The Balaban J connectivity index is 2.22. The summed E-state index contributed by atoms with van der Waals surface area (Å²) in [4.78, 5) is 0. The maximum atomic E-state index is 2.41. The van der Waals surface area contributed by atoms with Crippen molar-refractivity contribution >= 4 is 0 Å². The van der Waals surface area contributed by atoms with E-state index in [0.29, 0.717) is 0 Å². The maximum Gasteiger partial charge on any atom is -0.0345 e. The fourth-order valence-electron chi connectivity index (χ4n) is 1.26. The third-order valence-corrected chi connectivity index (χ3v) is 1.95. The Morgan fingerprint density at radius 2 is 1.36 bits per heavy atom. The molecule has 1 radical (unpaired) electrons. The number of rotatable bonds is 0. The van der Waals surface area contributed by atoms with Gasteiger partial charge in [-0.05, 0) is 32.1 Å². The summed E-state index contributed by atoms with van der Waals surface area (Å²) in [5.74, 6) is 0. The Morgan fingerprint density at radius 3 is 2.27 bits per heavy atom. The van der Waals surface area contributed by atoms with Gasteiger partial charge < -0.3 is 0 Å². The van der Waals surface area contributed by atoms with Gasteiger partial charge in [0.25, 0.3) is 0 Å². The van der Waals surface area contributed by atoms with Gasteiger partial charge in [-0.2, -0.15) is 0 Å². The van der Waals surface area contributed by atoms with E-state index in [2.05, 4.69) is 30.7 Å². The third-order valence-electron chi connectivity index (χ3n) is 1.95. The third kappa shape index (κ3) is 4.83. The topological polar surface area (TPSA) is 0 Å². The van der Waals surface area contributed by atoms with Gasteiger partial charge in [0.05, 0.1) is 0 Å². The summed E-state index contributed by atoms with van der Waals surface area (Å²) < 4.78 is 0. The summed E-state index contributed by atoms with van der Waals surface area (Å²) in [5.41, 5.74) is 0.